The summed E-state index contributed by atoms with van der Waals surface area (Å²) in [5, 5.41) is 12.6. The number of carboxylic acid groups (broad SMARTS) is 1. The van der Waals surface area contributed by atoms with Crippen LogP contribution >= 0.6 is 22.7 Å². The fourth-order valence-electron chi connectivity index (χ4n) is 1.92. The third kappa shape index (κ3) is 3.75. The third-order valence-electron chi connectivity index (χ3n) is 3.13. The molecule has 2 aromatic heterocycles. The Morgan fingerprint density at radius 1 is 1.41 bits per heavy atom. The van der Waals surface area contributed by atoms with Crippen LogP contribution in [0, 0.1) is 0 Å². The Bertz CT molecular complexity index is 646. The molecule has 2 heterocycles. The number of rotatable bonds is 7. The number of anilines is 1. The molecule has 1 unspecified atom stereocenters. The zero-order valence-corrected chi connectivity index (χ0v) is 14.4. The van der Waals surface area contributed by atoms with Crippen molar-refractivity contribution in [3.8, 4) is 0 Å². The molecular weight excluding hydrogens is 322 g/mol. The summed E-state index contributed by atoms with van der Waals surface area (Å²) in [6, 6.07) is 0.941. The number of nitrogens with one attached hydrogen (secondary N) is 1. The van der Waals surface area contributed by atoms with E-state index >= 15 is 0 Å². The lowest BCUT2D eigenvalue weighted by Crippen LogP contribution is -2.40. The topological polar surface area (TPSA) is 82.5 Å². The second kappa shape index (κ2) is 7.06. The average molecular weight is 341 g/mol. The number of carbonyl (C=O) groups excluding carboxylic acids is 1. The summed E-state index contributed by atoms with van der Waals surface area (Å²) < 4.78 is 0.944. The molecule has 0 aliphatic rings. The summed E-state index contributed by atoms with van der Waals surface area (Å²) in [5.41, 5.74) is 0. The zero-order valence-electron chi connectivity index (χ0n) is 12.8. The Kier molecular flexibility index (Phi) is 5.36. The Morgan fingerprint density at radius 2 is 2.14 bits per heavy atom. The Labute approximate surface area is 136 Å². The minimum atomic E-state index is -0.992. The lowest BCUT2D eigenvalue weighted by Gasteiger charge is -2.13. The van der Waals surface area contributed by atoms with Gasteiger partial charge in [0, 0.05) is 14.1 Å². The number of amides is 1. The van der Waals surface area contributed by atoms with Crippen LogP contribution in [0.5, 0.6) is 0 Å². The molecule has 0 bridgehead atoms. The first-order valence-corrected chi connectivity index (χ1v) is 8.67. The van der Waals surface area contributed by atoms with Gasteiger partial charge in [-0.3, -0.25) is 4.79 Å². The number of hydrogen-bond acceptors (Lipinski definition) is 6. The average Bonchev–Trinajstić information content (AvgIpc) is 3.01. The van der Waals surface area contributed by atoms with Gasteiger partial charge < -0.3 is 15.3 Å². The first-order chi connectivity index (χ1) is 10.4. The van der Waals surface area contributed by atoms with Gasteiger partial charge in [0.25, 0.3) is 5.91 Å². The molecule has 0 aliphatic heterocycles. The van der Waals surface area contributed by atoms with E-state index in [9.17, 15) is 9.59 Å². The molecule has 120 valence electrons. The first-order valence-electron chi connectivity index (χ1n) is 7.03. The highest BCUT2D eigenvalue weighted by Crippen LogP contribution is 2.33. The summed E-state index contributed by atoms with van der Waals surface area (Å²) in [7, 11) is 3.84. The van der Waals surface area contributed by atoms with E-state index in [-0.39, 0.29) is 5.91 Å². The van der Waals surface area contributed by atoms with E-state index in [0.29, 0.717) is 11.3 Å². The summed E-state index contributed by atoms with van der Waals surface area (Å²) in [5.74, 6) is -1.33. The number of nitrogens with zero attached hydrogens (tertiary/aromatic N) is 2. The van der Waals surface area contributed by atoms with E-state index in [1.165, 1.54) is 22.7 Å². The second-order valence-corrected chi connectivity index (χ2v) is 7.22. The number of aromatic nitrogens is 1. The summed E-state index contributed by atoms with van der Waals surface area (Å²) >= 11 is 2.80. The van der Waals surface area contributed by atoms with Crippen molar-refractivity contribution in [3.05, 3.63) is 10.9 Å². The standard InChI is InChI=1S/C14H19N3O3S2/c1-4-5-6-8(13(19)20)15-11(18)9-7-10-12(21-9)16-14(22-10)17(2)3/h7-8H,4-6H2,1-3H3,(H,15,18)(H,19,20). The van der Waals surface area contributed by atoms with Crippen LogP contribution in [0.2, 0.25) is 0 Å². The summed E-state index contributed by atoms with van der Waals surface area (Å²) in [6.07, 6.45) is 2.11. The monoisotopic (exact) mass is 341 g/mol. The van der Waals surface area contributed by atoms with Crippen LogP contribution in [0.4, 0.5) is 5.13 Å². The summed E-state index contributed by atoms with van der Waals surface area (Å²) in [6.45, 7) is 1.99. The number of thiophene rings is 1. The van der Waals surface area contributed by atoms with Crippen molar-refractivity contribution in [1.82, 2.24) is 10.3 Å². The van der Waals surface area contributed by atoms with Gasteiger partial charge in [-0.2, -0.15) is 0 Å². The van der Waals surface area contributed by atoms with Crippen molar-refractivity contribution in [2.24, 2.45) is 0 Å². The molecule has 0 aliphatic carbocycles. The van der Waals surface area contributed by atoms with Crippen molar-refractivity contribution in [2.75, 3.05) is 19.0 Å². The molecule has 6 nitrogen and oxygen atoms in total. The van der Waals surface area contributed by atoms with Crippen LogP contribution in [-0.4, -0.2) is 42.1 Å². The van der Waals surface area contributed by atoms with Gasteiger partial charge in [0.2, 0.25) is 0 Å². The van der Waals surface area contributed by atoms with Gasteiger partial charge in [-0.15, -0.1) is 11.3 Å². The number of carboxylic acids is 1. The highest BCUT2D eigenvalue weighted by atomic mass is 32.1. The van der Waals surface area contributed by atoms with E-state index in [1.807, 2.05) is 25.9 Å². The maximum absolute atomic E-state index is 12.2. The van der Waals surface area contributed by atoms with E-state index < -0.39 is 12.0 Å². The lowest BCUT2D eigenvalue weighted by atomic mass is 10.1. The van der Waals surface area contributed by atoms with Crippen molar-refractivity contribution < 1.29 is 14.7 Å². The molecular formula is C14H19N3O3S2. The first kappa shape index (κ1) is 16.7. The van der Waals surface area contributed by atoms with Gasteiger partial charge >= 0.3 is 5.97 Å². The van der Waals surface area contributed by atoms with Gasteiger partial charge in [-0.05, 0) is 12.5 Å². The van der Waals surface area contributed by atoms with Crippen molar-refractivity contribution in [3.63, 3.8) is 0 Å². The predicted molar refractivity (Wildman–Crippen MR) is 90.2 cm³/mol. The second-order valence-electron chi connectivity index (χ2n) is 5.18. The third-order valence-corrected chi connectivity index (χ3v) is 5.46. The number of aliphatic carboxylic acids is 1. The van der Waals surface area contributed by atoms with Gasteiger partial charge in [0.05, 0.1) is 9.58 Å². The fourth-order valence-corrected chi connectivity index (χ4v) is 3.96. The van der Waals surface area contributed by atoms with Crippen molar-refractivity contribution in [2.45, 2.75) is 32.2 Å². The zero-order chi connectivity index (χ0) is 16.3. The van der Waals surface area contributed by atoms with Crippen LogP contribution in [-0.2, 0) is 4.79 Å². The molecule has 0 saturated carbocycles. The van der Waals surface area contributed by atoms with Crippen LogP contribution in [0.25, 0.3) is 9.53 Å². The Hall–Kier alpha value is -1.67. The molecule has 0 fully saturated rings. The van der Waals surface area contributed by atoms with E-state index in [1.54, 1.807) is 6.07 Å². The molecule has 8 heteroatoms. The predicted octanol–water partition coefficient (Wildman–Crippen LogP) is 2.80. The Morgan fingerprint density at radius 3 is 2.68 bits per heavy atom. The smallest absolute Gasteiger partial charge is 0.326 e. The van der Waals surface area contributed by atoms with E-state index in [0.717, 1.165) is 27.5 Å². The molecule has 0 spiro atoms. The molecule has 0 saturated heterocycles. The molecule has 1 amide bonds. The van der Waals surface area contributed by atoms with Gasteiger partial charge in [-0.25, -0.2) is 9.78 Å². The highest BCUT2D eigenvalue weighted by molar-refractivity contribution is 7.29. The lowest BCUT2D eigenvalue weighted by molar-refractivity contribution is -0.139. The van der Waals surface area contributed by atoms with Crippen molar-refractivity contribution >= 4 is 49.2 Å². The quantitative estimate of drug-likeness (QED) is 0.809. The van der Waals surface area contributed by atoms with Gasteiger partial charge in [0.1, 0.15) is 10.9 Å². The van der Waals surface area contributed by atoms with Gasteiger partial charge in [-0.1, -0.05) is 31.1 Å². The molecule has 1 atom stereocenters. The highest BCUT2D eigenvalue weighted by Gasteiger charge is 2.22. The maximum Gasteiger partial charge on any atom is 0.326 e. The van der Waals surface area contributed by atoms with Crippen LogP contribution in [0.15, 0.2) is 6.07 Å². The summed E-state index contributed by atoms with van der Waals surface area (Å²) in [4.78, 5) is 31.1. The molecule has 0 radical (unpaired) electrons. The van der Waals surface area contributed by atoms with E-state index in [2.05, 4.69) is 10.3 Å². The fraction of sp³-hybridized carbons (Fsp3) is 0.500. The van der Waals surface area contributed by atoms with Crippen LogP contribution < -0.4 is 10.2 Å². The largest absolute Gasteiger partial charge is 0.480 e. The van der Waals surface area contributed by atoms with Gasteiger partial charge in [0.15, 0.2) is 5.13 Å². The molecule has 0 aromatic carbocycles. The number of unbranched alkanes of at least 4 members (excludes halogenated alkanes) is 1. The molecule has 22 heavy (non-hydrogen) atoms. The minimum Gasteiger partial charge on any atom is -0.480 e. The maximum atomic E-state index is 12.2. The van der Waals surface area contributed by atoms with Crippen LogP contribution in [0.1, 0.15) is 35.9 Å². The van der Waals surface area contributed by atoms with Crippen molar-refractivity contribution in [1.29, 1.82) is 0 Å². The number of fused-ring (bicyclic) bond motifs is 1. The SMILES string of the molecule is CCCCC(NC(=O)c1cc2sc(N(C)C)nc2s1)C(=O)O. The molecule has 2 rings (SSSR count). The van der Waals surface area contributed by atoms with Crippen LogP contribution in [0.3, 0.4) is 0 Å². The molecule has 2 N–H and O–H groups in total. The number of carbonyl (C=O) groups is 2. The minimum absolute atomic E-state index is 0.342. The Balaban J connectivity index is 2.11. The van der Waals surface area contributed by atoms with E-state index in [4.69, 9.17) is 5.11 Å². The normalized spacial score (nSPS) is 12.3. The number of hydrogen-bond donors (Lipinski definition) is 2. The molecule has 2 aromatic rings. The number of thiazole rings is 1.